The smallest absolute Gasteiger partial charge is 0.303 e. The quantitative estimate of drug-likeness (QED) is 0.436. The molecule has 1 saturated heterocycles. The molecule has 5 atom stereocenters. The van der Waals surface area contributed by atoms with Gasteiger partial charge in [0.25, 0.3) is 0 Å². The van der Waals surface area contributed by atoms with Gasteiger partial charge in [-0.1, -0.05) is 30.3 Å². The van der Waals surface area contributed by atoms with E-state index in [2.05, 4.69) is 0 Å². The summed E-state index contributed by atoms with van der Waals surface area (Å²) in [6.07, 6.45) is -6.16. The van der Waals surface area contributed by atoms with Gasteiger partial charge in [-0.05, 0) is 22.9 Å². The van der Waals surface area contributed by atoms with Crippen molar-refractivity contribution in [3.8, 4) is 5.75 Å². The Hall–Kier alpha value is -3.66. The minimum absolute atomic E-state index is 0.324. The van der Waals surface area contributed by atoms with Crippen molar-refractivity contribution in [1.82, 2.24) is 0 Å². The molecule has 0 unspecified atom stereocenters. The number of ether oxygens (including phenoxy) is 6. The molecule has 182 valence electrons. The van der Waals surface area contributed by atoms with E-state index < -0.39 is 54.6 Å². The van der Waals surface area contributed by atoms with E-state index in [4.69, 9.17) is 28.4 Å². The summed E-state index contributed by atoms with van der Waals surface area (Å²) < 4.78 is 33.1. The third-order valence-electron chi connectivity index (χ3n) is 4.92. The Labute approximate surface area is 196 Å². The van der Waals surface area contributed by atoms with E-state index in [9.17, 15) is 19.2 Å². The van der Waals surface area contributed by atoms with Gasteiger partial charge >= 0.3 is 23.9 Å². The summed E-state index contributed by atoms with van der Waals surface area (Å²) >= 11 is 0. The molecule has 1 aliphatic rings. The first-order chi connectivity index (χ1) is 16.1. The molecule has 1 fully saturated rings. The van der Waals surface area contributed by atoms with Crippen molar-refractivity contribution in [1.29, 1.82) is 0 Å². The van der Waals surface area contributed by atoms with E-state index in [1.54, 1.807) is 12.1 Å². The standard InChI is InChI=1S/C24H26O10/c1-13(25)29-12-20-21(30-14(2)26)22(31-15(3)27)23(32-16(4)28)24(34-20)33-19-10-9-17-7-5-6-8-18(17)11-19/h5-11,20-24H,12H2,1-4H3/t20-,21+,22-,23+,24-/m0/s1. The zero-order chi connectivity index (χ0) is 24.8. The highest BCUT2D eigenvalue weighted by Crippen LogP contribution is 2.31. The highest BCUT2D eigenvalue weighted by Gasteiger charge is 2.53. The molecule has 0 amide bonds. The normalized spacial score (nSPS) is 24.1. The zero-order valence-electron chi connectivity index (χ0n) is 19.2. The lowest BCUT2D eigenvalue weighted by Gasteiger charge is -2.43. The number of rotatable bonds is 7. The first-order valence-electron chi connectivity index (χ1n) is 10.6. The number of benzene rings is 2. The van der Waals surface area contributed by atoms with Crippen molar-refractivity contribution in [2.75, 3.05) is 6.61 Å². The molecule has 10 nitrogen and oxygen atoms in total. The Morgan fingerprint density at radius 1 is 0.735 bits per heavy atom. The number of hydrogen-bond donors (Lipinski definition) is 0. The van der Waals surface area contributed by atoms with Gasteiger partial charge in [-0.3, -0.25) is 19.2 Å². The molecule has 0 aromatic heterocycles. The predicted octanol–water partition coefficient (Wildman–Crippen LogP) is 2.30. The van der Waals surface area contributed by atoms with Crippen LogP contribution in [0.1, 0.15) is 27.7 Å². The number of esters is 4. The summed E-state index contributed by atoms with van der Waals surface area (Å²) in [6, 6.07) is 12.9. The van der Waals surface area contributed by atoms with Crippen LogP contribution in [-0.4, -0.2) is 61.2 Å². The molecular formula is C24H26O10. The summed E-state index contributed by atoms with van der Waals surface area (Å²) in [5.41, 5.74) is 0. The molecule has 0 radical (unpaired) electrons. The molecule has 34 heavy (non-hydrogen) atoms. The van der Waals surface area contributed by atoms with Crippen molar-refractivity contribution in [2.45, 2.75) is 58.4 Å². The maximum atomic E-state index is 11.9. The monoisotopic (exact) mass is 474 g/mol. The van der Waals surface area contributed by atoms with Crippen LogP contribution < -0.4 is 4.74 Å². The van der Waals surface area contributed by atoms with Gasteiger partial charge in [0.05, 0.1) is 0 Å². The molecule has 1 heterocycles. The van der Waals surface area contributed by atoms with Crippen LogP contribution in [0.5, 0.6) is 5.75 Å². The van der Waals surface area contributed by atoms with E-state index in [1.807, 2.05) is 30.3 Å². The van der Waals surface area contributed by atoms with Crippen LogP contribution in [-0.2, 0) is 42.9 Å². The van der Waals surface area contributed by atoms with Crippen LogP contribution in [0.3, 0.4) is 0 Å². The second-order valence-corrected chi connectivity index (χ2v) is 7.69. The fraction of sp³-hybridized carbons (Fsp3) is 0.417. The van der Waals surface area contributed by atoms with E-state index in [-0.39, 0.29) is 6.61 Å². The number of hydrogen-bond acceptors (Lipinski definition) is 10. The molecule has 0 N–H and O–H groups in total. The van der Waals surface area contributed by atoms with Crippen LogP contribution in [0.2, 0.25) is 0 Å². The first kappa shape index (κ1) is 25.0. The van der Waals surface area contributed by atoms with Crippen molar-refractivity contribution >= 4 is 34.6 Å². The fourth-order valence-corrected chi connectivity index (χ4v) is 3.66. The summed E-state index contributed by atoms with van der Waals surface area (Å²) in [6.45, 7) is 4.37. The summed E-state index contributed by atoms with van der Waals surface area (Å²) in [4.78, 5) is 47.0. The summed E-state index contributed by atoms with van der Waals surface area (Å²) in [7, 11) is 0. The largest absolute Gasteiger partial charge is 0.463 e. The molecule has 0 spiro atoms. The van der Waals surface area contributed by atoms with E-state index in [1.165, 1.54) is 13.8 Å². The van der Waals surface area contributed by atoms with Crippen LogP contribution in [0.4, 0.5) is 0 Å². The predicted molar refractivity (Wildman–Crippen MR) is 117 cm³/mol. The van der Waals surface area contributed by atoms with Gasteiger partial charge in [0.2, 0.25) is 12.4 Å². The molecule has 3 rings (SSSR count). The third kappa shape index (κ3) is 6.44. The van der Waals surface area contributed by atoms with Gasteiger partial charge in [0, 0.05) is 27.7 Å². The maximum Gasteiger partial charge on any atom is 0.303 e. The average molecular weight is 474 g/mol. The Bertz CT molecular complexity index is 1060. The summed E-state index contributed by atoms with van der Waals surface area (Å²) in [5, 5.41) is 1.88. The Balaban J connectivity index is 1.98. The molecule has 1 aliphatic heterocycles. The van der Waals surface area contributed by atoms with Gasteiger partial charge in [-0.25, -0.2) is 0 Å². The molecule has 0 aliphatic carbocycles. The van der Waals surface area contributed by atoms with Crippen molar-refractivity contribution < 1.29 is 47.6 Å². The van der Waals surface area contributed by atoms with Gasteiger partial charge in [-0.15, -0.1) is 0 Å². The first-order valence-corrected chi connectivity index (χ1v) is 10.6. The van der Waals surface area contributed by atoms with Crippen LogP contribution >= 0.6 is 0 Å². The molecule has 10 heteroatoms. The average Bonchev–Trinajstić information content (AvgIpc) is 2.75. The lowest BCUT2D eigenvalue weighted by atomic mass is 9.98. The van der Waals surface area contributed by atoms with Gasteiger partial charge in [0.15, 0.2) is 12.2 Å². The molecule has 2 aromatic carbocycles. The highest BCUT2D eigenvalue weighted by atomic mass is 16.7. The van der Waals surface area contributed by atoms with E-state index >= 15 is 0 Å². The zero-order valence-corrected chi connectivity index (χ0v) is 19.2. The van der Waals surface area contributed by atoms with Crippen LogP contribution in [0.25, 0.3) is 10.8 Å². The Kier molecular flexibility index (Phi) is 8.06. The van der Waals surface area contributed by atoms with E-state index in [0.717, 1.165) is 24.6 Å². The Morgan fingerprint density at radius 2 is 1.32 bits per heavy atom. The van der Waals surface area contributed by atoms with Crippen LogP contribution in [0, 0.1) is 0 Å². The molecule has 0 bridgehead atoms. The van der Waals surface area contributed by atoms with Gasteiger partial charge < -0.3 is 28.4 Å². The van der Waals surface area contributed by atoms with Gasteiger partial charge in [0.1, 0.15) is 18.5 Å². The van der Waals surface area contributed by atoms with Crippen molar-refractivity contribution in [3.05, 3.63) is 42.5 Å². The lowest BCUT2D eigenvalue weighted by molar-refractivity contribution is -0.288. The van der Waals surface area contributed by atoms with E-state index in [0.29, 0.717) is 5.75 Å². The summed E-state index contributed by atoms with van der Waals surface area (Å²) in [5.74, 6) is -2.31. The second-order valence-electron chi connectivity index (χ2n) is 7.69. The van der Waals surface area contributed by atoms with Crippen molar-refractivity contribution in [2.24, 2.45) is 0 Å². The van der Waals surface area contributed by atoms with Gasteiger partial charge in [-0.2, -0.15) is 0 Å². The SMILES string of the molecule is CC(=O)OC[C@@H]1O[C@H](Oc2ccc3ccccc3c2)[C@H](OC(C)=O)[C@@H](OC(C)=O)[C@@H]1OC(C)=O. The number of fused-ring (bicyclic) bond motifs is 1. The second kappa shape index (κ2) is 11.0. The topological polar surface area (TPSA) is 124 Å². The third-order valence-corrected chi connectivity index (χ3v) is 4.92. The minimum atomic E-state index is -1.29. The number of carbonyl (C=O) groups is 4. The molecule has 0 saturated carbocycles. The molecule has 2 aromatic rings. The minimum Gasteiger partial charge on any atom is -0.463 e. The molecular weight excluding hydrogens is 448 g/mol. The Morgan fingerprint density at radius 3 is 1.94 bits per heavy atom. The number of carbonyl (C=O) groups excluding carboxylic acids is 4. The van der Waals surface area contributed by atoms with Crippen molar-refractivity contribution in [3.63, 3.8) is 0 Å². The lowest BCUT2D eigenvalue weighted by Crippen LogP contribution is -2.63. The highest BCUT2D eigenvalue weighted by molar-refractivity contribution is 5.83. The maximum absolute atomic E-state index is 11.9. The fourth-order valence-electron chi connectivity index (χ4n) is 3.66. The van der Waals surface area contributed by atoms with Crippen LogP contribution in [0.15, 0.2) is 42.5 Å².